The standard InChI is InChI=1S/C23H25BrN2O5/c1-30-22(28)19(14-17-10-5-6-11-18(17)24)25-21(27)20-12-7-13-26(20)23(29)31-15-16-8-3-2-4-9-16/h2-6,8-11,19-20H,7,12-15H2,1H3,(H,25,27)/t19-,20+/m0/s1. The summed E-state index contributed by atoms with van der Waals surface area (Å²) in [6.45, 7) is 0.566. The Hall–Kier alpha value is -2.87. The number of esters is 1. The van der Waals surface area contributed by atoms with Crippen molar-refractivity contribution >= 4 is 33.9 Å². The van der Waals surface area contributed by atoms with Crippen LogP contribution in [0, 0.1) is 0 Å². The average Bonchev–Trinajstić information content (AvgIpc) is 3.29. The number of carbonyl (C=O) groups excluding carboxylic acids is 3. The van der Waals surface area contributed by atoms with Gasteiger partial charge in [0.05, 0.1) is 7.11 Å². The number of benzene rings is 2. The van der Waals surface area contributed by atoms with Crippen molar-refractivity contribution < 1.29 is 23.9 Å². The number of methoxy groups -OCH3 is 1. The van der Waals surface area contributed by atoms with Gasteiger partial charge in [-0.25, -0.2) is 9.59 Å². The van der Waals surface area contributed by atoms with Gasteiger partial charge in [-0.05, 0) is 30.0 Å². The van der Waals surface area contributed by atoms with E-state index >= 15 is 0 Å². The molecule has 0 bridgehead atoms. The van der Waals surface area contributed by atoms with Gasteiger partial charge in [-0.2, -0.15) is 0 Å². The average molecular weight is 489 g/mol. The van der Waals surface area contributed by atoms with Crippen LogP contribution in [-0.2, 0) is 32.1 Å². The minimum Gasteiger partial charge on any atom is -0.467 e. The van der Waals surface area contributed by atoms with Gasteiger partial charge >= 0.3 is 12.1 Å². The topological polar surface area (TPSA) is 84.9 Å². The van der Waals surface area contributed by atoms with Crippen molar-refractivity contribution in [1.29, 1.82) is 0 Å². The number of hydrogen-bond acceptors (Lipinski definition) is 5. The molecule has 1 fully saturated rings. The Kier molecular flexibility index (Phi) is 8.06. The first kappa shape index (κ1) is 22.8. The predicted molar refractivity (Wildman–Crippen MR) is 118 cm³/mol. The van der Waals surface area contributed by atoms with E-state index in [1.807, 2.05) is 54.6 Å². The van der Waals surface area contributed by atoms with Crippen LogP contribution in [0.3, 0.4) is 0 Å². The Morgan fingerprint density at radius 3 is 2.55 bits per heavy atom. The first-order chi connectivity index (χ1) is 15.0. The molecule has 0 radical (unpaired) electrons. The monoisotopic (exact) mass is 488 g/mol. The van der Waals surface area contributed by atoms with E-state index in [-0.39, 0.29) is 13.0 Å². The molecule has 1 aliphatic rings. The Bertz CT molecular complexity index is 921. The van der Waals surface area contributed by atoms with Crippen molar-refractivity contribution in [3.63, 3.8) is 0 Å². The Balaban J connectivity index is 1.63. The number of likely N-dealkylation sites (tertiary alicyclic amines) is 1. The lowest BCUT2D eigenvalue weighted by atomic mass is 10.1. The van der Waals surface area contributed by atoms with E-state index in [0.29, 0.717) is 19.4 Å². The first-order valence-electron chi connectivity index (χ1n) is 10.1. The van der Waals surface area contributed by atoms with Crippen molar-refractivity contribution in [2.24, 2.45) is 0 Å². The quantitative estimate of drug-likeness (QED) is 0.603. The molecule has 2 aromatic carbocycles. The molecule has 8 heteroatoms. The van der Waals surface area contributed by atoms with Gasteiger partial charge in [-0.15, -0.1) is 0 Å². The molecule has 3 rings (SSSR count). The maximum atomic E-state index is 13.0. The number of ether oxygens (including phenoxy) is 2. The molecule has 1 heterocycles. The Morgan fingerprint density at radius 2 is 1.84 bits per heavy atom. The van der Waals surface area contributed by atoms with Crippen LogP contribution in [-0.4, -0.2) is 48.6 Å². The molecule has 2 atom stereocenters. The highest BCUT2D eigenvalue weighted by Crippen LogP contribution is 2.21. The number of halogens is 1. The minimum absolute atomic E-state index is 0.136. The number of rotatable bonds is 7. The largest absolute Gasteiger partial charge is 0.467 e. The molecule has 1 aliphatic heterocycles. The molecule has 0 aliphatic carbocycles. The van der Waals surface area contributed by atoms with E-state index in [1.165, 1.54) is 12.0 Å². The van der Waals surface area contributed by atoms with Gasteiger partial charge in [0.15, 0.2) is 0 Å². The number of carbonyl (C=O) groups is 3. The highest BCUT2D eigenvalue weighted by atomic mass is 79.9. The summed E-state index contributed by atoms with van der Waals surface area (Å²) in [4.78, 5) is 39.2. The summed E-state index contributed by atoms with van der Waals surface area (Å²) in [6.07, 6.45) is 0.924. The van der Waals surface area contributed by atoms with Gasteiger partial charge in [-0.3, -0.25) is 9.69 Å². The summed E-state index contributed by atoms with van der Waals surface area (Å²) in [5.41, 5.74) is 1.74. The van der Waals surface area contributed by atoms with Gasteiger partial charge in [0.25, 0.3) is 0 Å². The molecular formula is C23H25BrN2O5. The van der Waals surface area contributed by atoms with E-state index in [1.54, 1.807) is 0 Å². The zero-order valence-corrected chi connectivity index (χ0v) is 18.8. The van der Waals surface area contributed by atoms with Crippen LogP contribution >= 0.6 is 15.9 Å². The van der Waals surface area contributed by atoms with Crippen LogP contribution in [0.5, 0.6) is 0 Å². The van der Waals surface area contributed by atoms with E-state index < -0.39 is 30.1 Å². The fourth-order valence-electron chi connectivity index (χ4n) is 3.55. The maximum absolute atomic E-state index is 13.0. The molecule has 0 aromatic heterocycles. The van der Waals surface area contributed by atoms with Gasteiger partial charge in [0.2, 0.25) is 5.91 Å². The predicted octanol–water partition coefficient (Wildman–Crippen LogP) is 3.45. The second kappa shape index (κ2) is 10.9. The highest BCUT2D eigenvalue weighted by molar-refractivity contribution is 9.10. The number of amides is 2. The molecule has 7 nitrogen and oxygen atoms in total. The van der Waals surface area contributed by atoms with Crippen LogP contribution in [0.4, 0.5) is 4.79 Å². The van der Waals surface area contributed by atoms with Crippen LogP contribution in [0.1, 0.15) is 24.0 Å². The first-order valence-corrected chi connectivity index (χ1v) is 10.9. The molecule has 1 N–H and O–H groups in total. The molecule has 1 saturated heterocycles. The summed E-state index contributed by atoms with van der Waals surface area (Å²) in [7, 11) is 1.28. The van der Waals surface area contributed by atoms with Crippen molar-refractivity contribution in [1.82, 2.24) is 10.2 Å². The summed E-state index contributed by atoms with van der Waals surface area (Å²) >= 11 is 3.46. The molecule has 0 spiro atoms. The smallest absolute Gasteiger partial charge is 0.410 e. The Morgan fingerprint density at radius 1 is 1.13 bits per heavy atom. The number of nitrogens with one attached hydrogen (secondary N) is 1. The van der Waals surface area contributed by atoms with Crippen LogP contribution < -0.4 is 5.32 Å². The maximum Gasteiger partial charge on any atom is 0.410 e. The van der Waals surface area contributed by atoms with Gasteiger partial charge in [0, 0.05) is 17.4 Å². The van der Waals surface area contributed by atoms with Crippen LogP contribution in [0.25, 0.3) is 0 Å². The SMILES string of the molecule is COC(=O)[C@H](Cc1ccccc1Br)NC(=O)[C@H]1CCCN1C(=O)OCc1ccccc1. The summed E-state index contributed by atoms with van der Waals surface area (Å²) in [6, 6.07) is 15.3. The molecular weight excluding hydrogens is 464 g/mol. The molecule has 164 valence electrons. The van der Waals surface area contributed by atoms with Gasteiger partial charge in [0.1, 0.15) is 18.7 Å². The van der Waals surface area contributed by atoms with Crippen molar-refractivity contribution in [2.75, 3.05) is 13.7 Å². The normalized spacial score (nSPS) is 16.5. The third-order valence-electron chi connectivity index (χ3n) is 5.18. The van der Waals surface area contributed by atoms with Gasteiger partial charge in [-0.1, -0.05) is 64.5 Å². The Labute approximate surface area is 189 Å². The third-order valence-corrected chi connectivity index (χ3v) is 5.95. The number of nitrogens with zero attached hydrogens (tertiary/aromatic N) is 1. The van der Waals surface area contributed by atoms with Crippen LogP contribution in [0.15, 0.2) is 59.1 Å². The fraction of sp³-hybridized carbons (Fsp3) is 0.348. The van der Waals surface area contributed by atoms with Crippen molar-refractivity contribution in [3.8, 4) is 0 Å². The zero-order chi connectivity index (χ0) is 22.2. The van der Waals surface area contributed by atoms with Crippen molar-refractivity contribution in [2.45, 2.75) is 38.0 Å². The van der Waals surface area contributed by atoms with E-state index in [9.17, 15) is 14.4 Å². The second-order valence-corrected chi connectivity index (χ2v) is 8.13. The van der Waals surface area contributed by atoms with E-state index in [4.69, 9.17) is 9.47 Å². The highest BCUT2D eigenvalue weighted by Gasteiger charge is 2.37. The van der Waals surface area contributed by atoms with E-state index in [2.05, 4.69) is 21.2 Å². The minimum atomic E-state index is -0.862. The molecule has 31 heavy (non-hydrogen) atoms. The molecule has 2 amide bonds. The van der Waals surface area contributed by atoms with Crippen LogP contribution in [0.2, 0.25) is 0 Å². The number of hydrogen-bond donors (Lipinski definition) is 1. The lowest BCUT2D eigenvalue weighted by molar-refractivity contribution is -0.145. The molecule has 2 aromatic rings. The fourth-order valence-corrected chi connectivity index (χ4v) is 3.99. The summed E-state index contributed by atoms with van der Waals surface area (Å²) < 4.78 is 11.1. The lowest BCUT2D eigenvalue weighted by Crippen LogP contribution is -2.51. The van der Waals surface area contributed by atoms with Gasteiger partial charge < -0.3 is 14.8 Å². The zero-order valence-electron chi connectivity index (χ0n) is 17.3. The second-order valence-electron chi connectivity index (χ2n) is 7.27. The summed E-state index contributed by atoms with van der Waals surface area (Å²) in [5.74, 6) is -0.933. The van der Waals surface area contributed by atoms with Crippen molar-refractivity contribution in [3.05, 3.63) is 70.2 Å². The third kappa shape index (κ3) is 6.07. The lowest BCUT2D eigenvalue weighted by Gasteiger charge is -2.25. The molecule has 0 saturated carbocycles. The van der Waals surface area contributed by atoms with E-state index in [0.717, 1.165) is 15.6 Å². The molecule has 0 unspecified atom stereocenters. The summed E-state index contributed by atoms with van der Waals surface area (Å²) in [5, 5.41) is 2.76.